The molecule has 252 valence electrons. The van der Waals surface area contributed by atoms with E-state index in [2.05, 4.69) is 20.3 Å². The molecule has 46 heavy (non-hydrogen) atoms. The number of carbonyl (C=O) groups excluding carboxylic acids is 1. The van der Waals surface area contributed by atoms with Gasteiger partial charge in [-0.1, -0.05) is 24.6 Å². The van der Waals surface area contributed by atoms with Crippen molar-refractivity contribution in [1.82, 2.24) is 24.8 Å². The number of hydrogen-bond acceptors (Lipinski definition) is 13. The number of aliphatic hydroxyl groups excluding tert-OH is 1. The van der Waals surface area contributed by atoms with Gasteiger partial charge in [0.15, 0.2) is 29.2 Å². The predicted octanol–water partition coefficient (Wildman–Crippen LogP) is 4.19. The summed E-state index contributed by atoms with van der Waals surface area (Å²) in [5.41, 5.74) is 3.12. The van der Waals surface area contributed by atoms with Crippen molar-refractivity contribution >= 4 is 30.7 Å². The van der Waals surface area contributed by atoms with E-state index in [-0.39, 0.29) is 41.5 Å². The summed E-state index contributed by atoms with van der Waals surface area (Å²) < 4.78 is 75.1. The van der Waals surface area contributed by atoms with Crippen LogP contribution in [0.25, 0.3) is 11.2 Å². The fourth-order valence-corrected chi connectivity index (χ4v) is 6.91. The lowest BCUT2D eigenvalue weighted by Crippen LogP contribution is -2.47. The second-order valence-corrected chi connectivity index (χ2v) is 13.5. The maximum atomic E-state index is 16.4. The van der Waals surface area contributed by atoms with Crippen molar-refractivity contribution in [2.75, 3.05) is 25.2 Å². The van der Waals surface area contributed by atoms with E-state index >= 15 is 8.78 Å². The zero-order valence-corrected chi connectivity index (χ0v) is 26.7. The zero-order chi connectivity index (χ0) is 33.1. The number of nitrogens with zero attached hydrogens (tertiary/aromatic N) is 4. The average Bonchev–Trinajstić information content (AvgIpc) is 3.52. The number of nitrogens with two attached hydrogens (primary N) is 1. The van der Waals surface area contributed by atoms with Crippen LogP contribution in [0.5, 0.6) is 11.6 Å². The van der Waals surface area contributed by atoms with Crippen molar-refractivity contribution in [1.29, 1.82) is 0 Å². The van der Waals surface area contributed by atoms with Crippen molar-refractivity contribution in [2.45, 2.75) is 88.9 Å². The lowest BCUT2D eigenvalue weighted by Gasteiger charge is -2.28. The van der Waals surface area contributed by atoms with E-state index in [1.54, 1.807) is 25.1 Å². The molecule has 1 unspecified atom stereocenters. The van der Waals surface area contributed by atoms with E-state index in [9.17, 15) is 14.5 Å². The Morgan fingerprint density at radius 3 is 2.65 bits per heavy atom. The Labute approximate surface area is 264 Å². The van der Waals surface area contributed by atoms with E-state index in [0.29, 0.717) is 0 Å². The molecule has 17 heteroatoms. The van der Waals surface area contributed by atoms with Gasteiger partial charge >= 0.3 is 13.6 Å². The predicted molar refractivity (Wildman–Crippen MR) is 161 cm³/mol. The molecule has 3 heterocycles. The molecule has 0 radical (unpaired) electrons. The fraction of sp³-hybridized carbons (Fsp3) is 0.586. The summed E-state index contributed by atoms with van der Waals surface area (Å²) in [5, 5.41) is 13.6. The van der Waals surface area contributed by atoms with Crippen LogP contribution in [0.1, 0.15) is 59.1 Å². The molecule has 14 nitrogen and oxygen atoms in total. The van der Waals surface area contributed by atoms with Gasteiger partial charge in [-0.3, -0.25) is 19.2 Å². The lowest BCUT2D eigenvalue weighted by atomic mass is 9.97. The van der Waals surface area contributed by atoms with Crippen LogP contribution >= 0.6 is 7.60 Å². The summed E-state index contributed by atoms with van der Waals surface area (Å²) in [6.07, 6.45) is 0.737. The molecule has 1 saturated heterocycles. The number of aromatic nitrogens is 4. The quantitative estimate of drug-likeness (QED) is 0.174. The Hall–Kier alpha value is -3.43. The number of rotatable bonds is 13. The Morgan fingerprint density at radius 2 is 1.96 bits per heavy atom. The van der Waals surface area contributed by atoms with Gasteiger partial charge in [-0.15, -0.1) is 0 Å². The number of halogens is 2. The number of imidazole rings is 1. The van der Waals surface area contributed by atoms with Gasteiger partial charge in [-0.25, -0.2) is 18.3 Å². The van der Waals surface area contributed by atoms with Gasteiger partial charge in [0.05, 0.1) is 12.9 Å². The van der Waals surface area contributed by atoms with Gasteiger partial charge in [0, 0.05) is 0 Å². The largest absolute Gasteiger partial charge is 0.476 e. The van der Waals surface area contributed by atoms with Crippen LogP contribution in [-0.4, -0.2) is 79.9 Å². The summed E-state index contributed by atoms with van der Waals surface area (Å²) in [7, 11) is -4.33. The second kappa shape index (κ2) is 13.7. The highest BCUT2D eigenvalue weighted by atomic mass is 31.2. The molecule has 1 aliphatic carbocycles. The highest BCUT2D eigenvalue weighted by Crippen LogP contribution is 2.53. The molecule has 6 atom stereocenters. The number of alkyl halides is 2. The Bertz CT molecular complexity index is 1560. The van der Waals surface area contributed by atoms with Crippen LogP contribution in [0.15, 0.2) is 36.7 Å². The van der Waals surface area contributed by atoms with Gasteiger partial charge < -0.3 is 29.6 Å². The number of anilines is 1. The molecule has 0 amide bonds. The van der Waals surface area contributed by atoms with E-state index in [1.807, 2.05) is 0 Å². The van der Waals surface area contributed by atoms with Crippen LogP contribution in [0.4, 0.5) is 14.7 Å². The van der Waals surface area contributed by atoms with E-state index < -0.39 is 56.4 Å². The third-order valence-corrected chi connectivity index (χ3v) is 9.48. The van der Waals surface area contributed by atoms with Crippen LogP contribution in [0.2, 0.25) is 0 Å². The molecule has 2 fully saturated rings. The smallest absolute Gasteiger partial charge is 0.393 e. The number of esters is 1. The molecule has 1 aliphatic heterocycles. The number of carbonyl (C=O) groups is 1. The third kappa shape index (κ3) is 7.26. The van der Waals surface area contributed by atoms with Gasteiger partial charge in [0.2, 0.25) is 11.8 Å². The van der Waals surface area contributed by atoms with E-state index in [0.717, 1.165) is 49.9 Å². The van der Waals surface area contributed by atoms with Crippen molar-refractivity contribution < 1.29 is 46.5 Å². The molecule has 2 aliphatic rings. The molecule has 0 spiro atoms. The van der Waals surface area contributed by atoms with Crippen molar-refractivity contribution in [2.24, 2.45) is 0 Å². The Morgan fingerprint density at radius 1 is 1.24 bits per heavy atom. The lowest BCUT2D eigenvalue weighted by molar-refractivity contribution is -0.202. The Balaban J connectivity index is 1.33. The molecular formula is C29H39F2N6O8P. The molecule has 1 saturated carbocycles. The molecule has 0 bridgehead atoms. The van der Waals surface area contributed by atoms with Gasteiger partial charge in [-0.05, 0) is 58.6 Å². The Kier molecular flexibility index (Phi) is 10.1. The summed E-state index contributed by atoms with van der Waals surface area (Å²) in [4.78, 5) is 24.9. The standard InChI is InChI=1S/C29H39F2N6O8P/c1-4-41-23-21-22(35-27(32)36-23)37(16-33-21)26-28(3,30)25(39)29(31,44-26)15-42-46(40,45-20-13-9-6-10-14-20)17-34-18(2)24(38)43-19-11-7-5-8-12-19/h6,9-10,13-14,16,18-19,25-26,34,39H,4-5,7-8,11-12,15,17H2,1-3H3,(H2,32,35,36)/t18-,25-,26+,28+,29+,46?/m0/s1. The molecular weight excluding hydrogens is 629 g/mol. The molecule has 5 rings (SSSR count). The first kappa shape index (κ1) is 33.9. The first-order chi connectivity index (χ1) is 21.8. The molecule has 3 aromatic rings. The normalized spacial score (nSPS) is 27.3. The summed E-state index contributed by atoms with van der Waals surface area (Å²) in [6, 6.07) is 7.06. The molecule has 4 N–H and O–H groups in total. The van der Waals surface area contributed by atoms with Crippen LogP contribution in [-0.2, 0) is 23.4 Å². The highest BCUT2D eigenvalue weighted by molar-refractivity contribution is 7.54. The van der Waals surface area contributed by atoms with Crippen molar-refractivity contribution in [3.63, 3.8) is 0 Å². The third-order valence-electron chi connectivity index (χ3n) is 7.90. The average molecular weight is 669 g/mol. The van der Waals surface area contributed by atoms with Crippen molar-refractivity contribution in [3.8, 4) is 11.6 Å². The minimum absolute atomic E-state index is 0.0288. The fourth-order valence-electron chi connectivity index (χ4n) is 5.39. The topological polar surface area (TPSA) is 182 Å². The summed E-state index contributed by atoms with van der Waals surface area (Å²) in [5.74, 6) is -3.81. The van der Waals surface area contributed by atoms with Crippen LogP contribution in [0, 0.1) is 0 Å². The number of nitrogen functional groups attached to an aromatic ring is 1. The second-order valence-electron chi connectivity index (χ2n) is 11.5. The monoisotopic (exact) mass is 668 g/mol. The van der Waals surface area contributed by atoms with Crippen molar-refractivity contribution in [3.05, 3.63) is 36.7 Å². The molecule has 2 aromatic heterocycles. The summed E-state index contributed by atoms with van der Waals surface area (Å²) >= 11 is 0. The highest BCUT2D eigenvalue weighted by Gasteiger charge is 2.65. The number of para-hydroxylation sites is 1. The van der Waals surface area contributed by atoms with E-state index in [4.69, 9.17) is 29.0 Å². The minimum atomic E-state index is -4.33. The maximum Gasteiger partial charge on any atom is 0.393 e. The zero-order valence-electron chi connectivity index (χ0n) is 25.8. The van der Waals surface area contributed by atoms with Gasteiger partial charge in [0.1, 0.15) is 30.8 Å². The van der Waals surface area contributed by atoms with Gasteiger partial charge in [-0.2, -0.15) is 9.97 Å². The number of benzene rings is 1. The summed E-state index contributed by atoms with van der Waals surface area (Å²) in [6.45, 7) is 3.20. The maximum absolute atomic E-state index is 16.4. The molecule has 1 aromatic carbocycles. The number of hydrogen-bond donors (Lipinski definition) is 3. The van der Waals surface area contributed by atoms with E-state index in [1.165, 1.54) is 19.1 Å². The SMILES string of the molecule is CCOc1nc(N)nc2c1ncn2[C@@H]1O[C@](F)(COP(=O)(CN[C@@H](C)C(=O)OC2CCCCC2)Oc2ccccc2)[C@@H](O)[C@@]1(C)F. The van der Waals surface area contributed by atoms with Gasteiger partial charge in [0.25, 0.3) is 5.85 Å². The first-order valence-electron chi connectivity index (χ1n) is 15.1. The number of nitrogens with one attached hydrogen (secondary N) is 1. The number of ether oxygens (including phenoxy) is 3. The van der Waals surface area contributed by atoms with Crippen LogP contribution < -0.4 is 20.3 Å². The van der Waals surface area contributed by atoms with Crippen LogP contribution in [0.3, 0.4) is 0 Å². The minimum Gasteiger partial charge on any atom is -0.476 e. The number of fused-ring (bicyclic) bond motifs is 1. The number of aliphatic hydroxyl groups is 1. The first-order valence-corrected chi connectivity index (χ1v) is 16.9.